The van der Waals surface area contributed by atoms with Crippen LogP contribution in [0.2, 0.25) is 0 Å². The van der Waals surface area contributed by atoms with Crippen molar-refractivity contribution in [1.82, 2.24) is 25.2 Å². The standard InChI is InChI=1S/C18H26N6O3/c25-18(19-11-15-21-17(27-23-15)14-7-4-10-26-14)22-16-8-9-20-24(16)12-13-5-2-1-3-6-13/h8-9,13-14H,1-7,10-12H2,(H2,19,22,25)/t14-/m0/s1. The molecule has 27 heavy (non-hydrogen) atoms. The van der Waals surface area contributed by atoms with E-state index >= 15 is 0 Å². The second-order valence-corrected chi connectivity index (χ2v) is 7.26. The van der Waals surface area contributed by atoms with Gasteiger partial charge >= 0.3 is 6.03 Å². The molecule has 2 aromatic rings. The zero-order valence-corrected chi connectivity index (χ0v) is 15.4. The fourth-order valence-electron chi connectivity index (χ4n) is 3.76. The molecule has 1 saturated carbocycles. The summed E-state index contributed by atoms with van der Waals surface area (Å²) in [5, 5.41) is 13.9. The first-order chi connectivity index (χ1) is 13.3. The van der Waals surface area contributed by atoms with E-state index in [1.165, 1.54) is 32.1 Å². The molecule has 1 atom stereocenters. The molecule has 9 nitrogen and oxygen atoms in total. The molecule has 1 saturated heterocycles. The van der Waals surface area contributed by atoms with Crippen molar-refractivity contribution in [1.29, 1.82) is 0 Å². The van der Waals surface area contributed by atoms with Crippen molar-refractivity contribution in [2.45, 2.75) is 64.1 Å². The predicted octanol–water partition coefficient (Wildman–Crippen LogP) is 3.02. The van der Waals surface area contributed by atoms with Crippen LogP contribution in [0.4, 0.5) is 10.6 Å². The van der Waals surface area contributed by atoms with Crippen molar-refractivity contribution < 1.29 is 14.1 Å². The predicted molar refractivity (Wildman–Crippen MR) is 96.9 cm³/mol. The molecule has 0 bridgehead atoms. The van der Waals surface area contributed by atoms with Gasteiger partial charge in [0.2, 0.25) is 0 Å². The molecule has 0 aromatic carbocycles. The third-order valence-corrected chi connectivity index (χ3v) is 5.21. The van der Waals surface area contributed by atoms with Crippen LogP contribution < -0.4 is 10.6 Å². The Morgan fingerprint density at radius 2 is 2.11 bits per heavy atom. The van der Waals surface area contributed by atoms with E-state index in [1.54, 1.807) is 6.20 Å². The van der Waals surface area contributed by atoms with Gasteiger partial charge in [-0.05, 0) is 31.6 Å². The highest BCUT2D eigenvalue weighted by molar-refractivity contribution is 5.88. The molecule has 2 aromatic heterocycles. The van der Waals surface area contributed by atoms with E-state index in [4.69, 9.17) is 9.26 Å². The van der Waals surface area contributed by atoms with Crippen LogP contribution in [-0.2, 0) is 17.8 Å². The number of rotatable bonds is 6. The molecule has 4 rings (SSSR count). The molecule has 1 aliphatic carbocycles. The van der Waals surface area contributed by atoms with Crippen molar-refractivity contribution in [2.24, 2.45) is 5.92 Å². The molecule has 2 amide bonds. The van der Waals surface area contributed by atoms with Gasteiger partial charge in [-0.2, -0.15) is 10.1 Å². The molecule has 9 heteroatoms. The molecule has 3 heterocycles. The van der Waals surface area contributed by atoms with Crippen molar-refractivity contribution in [2.75, 3.05) is 11.9 Å². The maximum absolute atomic E-state index is 12.2. The average Bonchev–Trinajstić information content (AvgIpc) is 3.43. The second-order valence-electron chi connectivity index (χ2n) is 7.26. The number of nitrogens with zero attached hydrogens (tertiary/aromatic N) is 4. The van der Waals surface area contributed by atoms with E-state index in [9.17, 15) is 4.79 Å². The largest absolute Gasteiger partial charge is 0.368 e. The Morgan fingerprint density at radius 1 is 1.22 bits per heavy atom. The summed E-state index contributed by atoms with van der Waals surface area (Å²) in [6, 6.07) is 1.50. The van der Waals surface area contributed by atoms with Crippen LogP contribution in [-0.4, -0.2) is 32.6 Å². The maximum Gasteiger partial charge on any atom is 0.320 e. The van der Waals surface area contributed by atoms with Gasteiger partial charge in [0.1, 0.15) is 11.9 Å². The lowest BCUT2D eigenvalue weighted by molar-refractivity contribution is 0.0835. The van der Waals surface area contributed by atoms with Gasteiger partial charge in [0.25, 0.3) is 5.89 Å². The Bertz CT molecular complexity index is 746. The molecular formula is C18H26N6O3. The summed E-state index contributed by atoms with van der Waals surface area (Å²) in [7, 11) is 0. The topological polar surface area (TPSA) is 107 Å². The van der Waals surface area contributed by atoms with E-state index < -0.39 is 0 Å². The van der Waals surface area contributed by atoms with Crippen LogP contribution >= 0.6 is 0 Å². The zero-order chi connectivity index (χ0) is 18.5. The molecule has 2 aliphatic rings. The van der Waals surface area contributed by atoms with Gasteiger partial charge in [0.05, 0.1) is 12.7 Å². The Labute approximate surface area is 157 Å². The summed E-state index contributed by atoms with van der Waals surface area (Å²) < 4.78 is 12.6. The SMILES string of the molecule is O=C(NCc1noc([C@@H]2CCCO2)n1)Nc1ccnn1CC1CCCCC1. The zero-order valence-electron chi connectivity index (χ0n) is 15.4. The normalized spacial score (nSPS) is 20.7. The van der Waals surface area contributed by atoms with Gasteiger partial charge in [-0.15, -0.1) is 0 Å². The molecule has 0 unspecified atom stereocenters. The second kappa shape index (κ2) is 8.51. The van der Waals surface area contributed by atoms with Gasteiger partial charge in [-0.25, -0.2) is 9.48 Å². The number of hydrogen-bond acceptors (Lipinski definition) is 6. The van der Waals surface area contributed by atoms with Crippen molar-refractivity contribution in [3.8, 4) is 0 Å². The number of carbonyl (C=O) groups is 1. The molecule has 1 aliphatic heterocycles. The highest BCUT2D eigenvalue weighted by atomic mass is 16.5. The quantitative estimate of drug-likeness (QED) is 0.805. The van der Waals surface area contributed by atoms with E-state index in [2.05, 4.69) is 25.9 Å². The van der Waals surface area contributed by atoms with E-state index in [1.807, 2.05) is 10.7 Å². The summed E-state index contributed by atoms with van der Waals surface area (Å²) in [6.45, 7) is 1.76. The third kappa shape index (κ3) is 4.65. The lowest BCUT2D eigenvalue weighted by Crippen LogP contribution is -2.30. The van der Waals surface area contributed by atoms with Gasteiger partial charge in [-0.1, -0.05) is 24.4 Å². The smallest absolute Gasteiger partial charge is 0.320 e. The van der Waals surface area contributed by atoms with Crippen LogP contribution in [0.1, 0.15) is 62.8 Å². The fourth-order valence-corrected chi connectivity index (χ4v) is 3.76. The Kier molecular flexibility index (Phi) is 5.66. The van der Waals surface area contributed by atoms with E-state index in [0.29, 0.717) is 23.5 Å². The molecule has 2 N–H and O–H groups in total. The first-order valence-corrected chi connectivity index (χ1v) is 9.78. The van der Waals surface area contributed by atoms with Gasteiger partial charge in [0, 0.05) is 19.2 Å². The van der Waals surface area contributed by atoms with Crippen molar-refractivity contribution in [3.05, 3.63) is 24.0 Å². The number of amides is 2. The number of anilines is 1. The summed E-state index contributed by atoms with van der Waals surface area (Å²) in [5.74, 6) is 2.26. The summed E-state index contributed by atoms with van der Waals surface area (Å²) >= 11 is 0. The summed E-state index contributed by atoms with van der Waals surface area (Å²) in [6.07, 6.45) is 9.85. The molecule has 0 radical (unpaired) electrons. The Balaban J connectivity index is 1.26. The first kappa shape index (κ1) is 18.0. The highest BCUT2D eigenvalue weighted by Crippen LogP contribution is 2.27. The van der Waals surface area contributed by atoms with Crippen molar-refractivity contribution >= 4 is 11.8 Å². The van der Waals surface area contributed by atoms with Crippen LogP contribution in [0, 0.1) is 5.92 Å². The van der Waals surface area contributed by atoms with Crippen LogP contribution in [0.25, 0.3) is 0 Å². The van der Waals surface area contributed by atoms with Crippen LogP contribution in [0.3, 0.4) is 0 Å². The Hall–Kier alpha value is -2.42. The number of ether oxygens (including phenoxy) is 1. The van der Waals surface area contributed by atoms with Gasteiger partial charge < -0.3 is 14.6 Å². The van der Waals surface area contributed by atoms with Crippen molar-refractivity contribution in [3.63, 3.8) is 0 Å². The Morgan fingerprint density at radius 3 is 2.93 bits per heavy atom. The van der Waals surface area contributed by atoms with Crippen LogP contribution in [0.5, 0.6) is 0 Å². The van der Waals surface area contributed by atoms with E-state index in [-0.39, 0.29) is 18.7 Å². The molecular weight excluding hydrogens is 348 g/mol. The minimum absolute atomic E-state index is 0.116. The fraction of sp³-hybridized carbons (Fsp3) is 0.667. The first-order valence-electron chi connectivity index (χ1n) is 9.78. The number of nitrogens with one attached hydrogen (secondary N) is 2. The van der Waals surface area contributed by atoms with Crippen LogP contribution in [0.15, 0.2) is 16.8 Å². The number of hydrogen-bond donors (Lipinski definition) is 2. The summed E-state index contributed by atoms with van der Waals surface area (Å²) in [4.78, 5) is 16.5. The molecule has 146 valence electrons. The molecule has 2 fully saturated rings. The van der Waals surface area contributed by atoms with Gasteiger partial charge in [-0.3, -0.25) is 5.32 Å². The minimum atomic E-state index is -0.316. The highest BCUT2D eigenvalue weighted by Gasteiger charge is 2.24. The van der Waals surface area contributed by atoms with E-state index in [0.717, 1.165) is 26.0 Å². The molecule has 0 spiro atoms. The maximum atomic E-state index is 12.2. The minimum Gasteiger partial charge on any atom is -0.368 e. The third-order valence-electron chi connectivity index (χ3n) is 5.21. The lowest BCUT2D eigenvalue weighted by Gasteiger charge is -2.22. The summed E-state index contributed by atoms with van der Waals surface area (Å²) in [5.41, 5.74) is 0. The number of aromatic nitrogens is 4. The monoisotopic (exact) mass is 374 g/mol. The van der Waals surface area contributed by atoms with Gasteiger partial charge in [0.15, 0.2) is 5.82 Å². The average molecular weight is 374 g/mol. The number of carbonyl (C=O) groups excluding carboxylic acids is 1. The number of urea groups is 1. The lowest BCUT2D eigenvalue weighted by atomic mass is 9.89.